The van der Waals surface area contributed by atoms with Crippen LogP contribution in [-0.4, -0.2) is 23.7 Å². The summed E-state index contributed by atoms with van der Waals surface area (Å²) in [4.78, 5) is 9.06. The van der Waals surface area contributed by atoms with Gasteiger partial charge in [0.1, 0.15) is 5.82 Å². The van der Waals surface area contributed by atoms with Gasteiger partial charge in [0.2, 0.25) is 6.41 Å². The monoisotopic (exact) mass is 285 g/mol. The van der Waals surface area contributed by atoms with Crippen LogP contribution in [0.5, 0.6) is 0 Å². The van der Waals surface area contributed by atoms with E-state index in [-0.39, 0.29) is 5.82 Å². The van der Waals surface area contributed by atoms with Crippen LogP contribution in [0.2, 0.25) is 0 Å². The second-order valence-electron chi connectivity index (χ2n) is 4.53. The van der Waals surface area contributed by atoms with E-state index in [4.69, 9.17) is 4.79 Å². The summed E-state index contributed by atoms with van der Waals surface area (Å²) in [6.07, 6.45) is 0.625. The Hall–Kier alpha value is -2.69. The molecule has 0 aliphatic carbocycles. The molecule has 0 fully saturated rings. The standard InChI is InChI=1S/C14H11FN2.C2H5NO/c1-9-2-7-13-12(8-9)14(17-16-13)10-3-5-11(15)6-4-10;1-3-2-4/h2-8H,1H3,(H,16,17);2H,1H3,(H,3,4). The molecular formula is C16H16FN3O. The van der Waals surface area contributed by atoms with Crippen molar-refractivity contribution in [2.75, 3.05) is 7.05 Å². The molecule has 0 atom stereocenters. The number of amides is 1. The van der Waals surface area contributed by atoms with E-state index in [0.29, 0.717) is 6.41 Å². The van der Waals surface area contributed by atoms with Crippen molar-refractivity contribution in [1.29, 1.82) is 0 Å². The molecule has 0 saturated heterocycles. The highest BCUT2D eigenvalue weighted by Gasteiger charge is 2.07. The van der Waals surface area contributed by atoms with Crippen molar-refractivity contribution in [3.63, 3.8) is 0 Å². The van der Waals surface area contributed by atoms with Crippen LogP contribution in [0.25, 0.3) is 22.2 Å². The molecule has 1 heterocycles. The maximum atomic E-state index is 12.9. The van der Waals surface area contributed by atoms with Crippen LogP contribution in [0.4, 0.5) is 4.39 Å². The molecule has 0 spiro atoms. The first kappa shape index (κ1) is 14.7. The summed E-state index contributed by atoms with van der Waals surface area (Å²) >= 11 is 0. The zero-order valence-corrected chi connectivity index (χ0v) is 11.9. The molecule has 108 valence electrons. The maximum absolute atomic E-state index is 12.9. The molecule has 0 aliphatic heterocycles. The number of nitrogens with zero attached hydrogens (tertiary/aromatic N) is 1. The SMILES string of the molecule is CNC=O.Cc1ccc2[nH]nc(-c3ccc(F)cc3)c2c1. The average molecular weight is 285 g/mol. The number of H-pyrrole nitrogens is 1. The van der Waals surface area contributed by atoms with E-state index in [1.807, 2.05) is 19.1 Å². The van der Waals surface area contributed by atoms with Gasteiger partial charge >= 0.3 is 0 Å². The Morgan fingerprint density at radius 3 is 2.48 bits per heavy atom. The lowest BCUT2D eigenvalue weighted by Gasteiger charge is -1.98. The summed E-state index contributed by atoms with van der Waals surface area (Å²) in [5, 5.41) is 10.6. The lowest BCUT2D eigenvalue weighted by molar-refractivity contribution is -0.109. The number of nitrogens with one attached hydrogen (secondary N) is 2. The number of aryl methyl sites for hydroxylation is 1. The Morgan fingerprint density at radius 1 is 1.19 bits per heavy atom. The van der Waals surface area contributed by atoms with Gasteiger partial charge in [0, 0.05) is 18.0 Å². The summed E-state index contributed by atoms with van der Waals surface area (Å²) in [5.41, 5.74) is 3.96. The minimum absolute atomic E-state index is 0.232. The molecule has 1 aromatic heterocycles. The molecule has 21 heavy (non-hydrogen) atoms. The summed E-state index contributed by atoms with van der Waals surface area (Å²) in [5.74, 6) is -0.232. The van der Waals surface area contributed by atoms with Crippen LogP contribution in [0.1, 0.15) is 5.56 Å². The van der Waals surface area contributed by atoms with Gasteiger partial charge in [-0.2, -0.15) is 5.10 Å². The molecule has 2 aromatic carbocycles. The highest BCUT2D eigenvalue weighted by molar-refractivity contribution is 5.93. The lowest BCUT2D eigenvalue weighted by Crippen LogP contribution is -1.98. The third-order valence-corrected chi connectivity index (χ3v) is 2.95. The maximum Gasteiger partial charge on any atom is 0.206 e. The predicted octanol–water partition coefficient (Wildman–Crippen LogP) is 3.04. The molecule has 2 N–H and O–H groups in total. The molecule has 4 nitrogen and oxygen atoms in total. The highest BCUT2D eigenvalue weighted by atomic mass is 19.1. The number of hydrogen-bond donors (Lipinski definition) is 2. The van der Waals surface area contributed by atoms with Crippen molar-refractivity contribution in [3.05, 3.63) is 53.8 Å². The number of benzene rings is 2. The Bertz CT molecular complexity index is 735. The van der Waals surface area contributed by atoms with Crippen LogP contribution in [0.3, 0.4) is 0 Å². The van der Waals surface area contributed by atoms with E-state index in [2.05, 4.69) is 21.6 Å². The normalized spacial score (nSPS) is 9.86. The number of hydrogen-bond acceptors (Lipinski definition) is 2. The highest BCUT2D eigenvalue weighted by Crippen LogP contribution is 2.26. The van der Waals surface area contributed by atoms with Crippen LogP contribution >= 0.6 is 0 Å². The van der Waals surface area contributed by atoms with Crippen LogP contribution in [-0.2, 0) is 4.79 Å². The topological polar surface area (TPSA) is 57.8 Å². The van der Waals surface area contributed by atoms with Gasteiger partial charge in [0.05, 0.1) is 11.2 Å². The van der Waals surface area contributed by atoms with E-state index in [0.717, 1.165) is 22.2 Å². The minimum Gasteiger partial charge on any atom is -0.362 e. The van der Waals surface area contributed by atoms with Gasteiger partial charge < -0.3 is 5.32 Å². The van der Waals surface area contributed by atoms with Crippen molar-refractivity contribution < 1.29 is 9.18 Å². The molecule has 0 unspecified atom stereocenters. The smallest absolute Gasteiger partial charge is 0.206 e. The number of carbonyl (C=O) groups excluding carboxylic acids is 1. The van der Waals surface area contributed by atoms with E-state index < -0.39 is 0 Å². The zero-order chi connectivity index (χ0) is 15.2. The Kier molecular flexibility index (Phi) is 4.66. The molecule has 0 bridgehead atoms. The molecule has 1 amide bonds. The fraction of sp³-hybridized carbons (Fsp3) is 0.125. The van der Waals surface area contributed by atoms with Gasteiger partial charge in [-0.3, -0.25) is 9.89 Å². The summed E-state index contributed by atoms with van der Waals surface area (Å²) in [6, 6.07) is 12.5. The van der Waals surface area contributed by atoms with Gasteiger partial charge in [-0.05, 0) is 43.3 Å². The number of halogens is 1. The van der Waals surface area contributed by atoms with Gasteiger partial charge in [-0.15, -0.1) is 0 Å². The first-order valence-corrected chi connectivity index (χ1v) is 6.47. The fourth-order valence-electron chi connectivity index (χ4n) is 1.96. The quantitative estimate of drug-likeness (QED) is 0.711. The van der Waals surface area contributed by atoms with Gasteiger partial charge in [-0.1, -0.05) is 11.6 Å². The molecule has 0 radical (unpaired) electrons. The summed E-state index contributed by atoms with van der Waals surface area (Å²) < 4.78 is 12.9. The van der Waals surface area contributed by atoms with Crippen LogP contribution in [0.15, 0.2) is 42.5 Å². The van der Waals surface area contributed by atoms with E-state index >= 15 is 0 Å². The predicted molar refractivity (Wildman–Crippen MR) is 81.3 cm³/mol. The lowest BCUT2D eigenvalue weighted by atomic mass is 10.1. The molecule has 5 heteroatoms. The van der Waals surface area contributed by atoms with E-state index in [1.54, 1.807) is 19.2 Å². The second kappa shape index (κ2) is 6.65. The van der Waals surface area contributed by atoms with Crippen molar-refractivity contribution >= 4 is 17.3 Å². The number of aromatic nitrogens is 2. The van der Waals surface area contributed by atoms with E-state index in [9.17, 15) is 4.39 Å². The van der Waals surface area contributed by atoms with Gasteiger partial charge in [0.25, 0.3) is 0 Å². The van der Waals surface area contributed by atoms with Gasteiger partial charge in [-0.25, -0.2) is 4.39 Å². The molecular weight excluding hydrogens is 269 g/mol. The molecule has 3 rings (SSSR count). The van der Waals surface area contributed by atoms with Crippen LogP contribution in [0, 0.1) is 12.7 Å². The number of carbonyl (C=O) groups is 1. The van der Waals surface area contributed by atoms with Crippen molar-refractivity contribution in [2.24, 2.45) is 0 Å². The Labute approximate surface area is 122 Å². The number of rotatable bonds is 2. The minimum atomic E-state index is -0.232. The number of aromatic amines is 1. The van der Waals surface area contributed by atoms with Crippen molar-refractivity contribution in [2.45, 2.75) is 6.92 Å². The molecule has 0 aliphatic rings. The first-order chi connectivity index (χ1) is 10.2. The fourth-order valence-corrected chi connectivity index (χ4v) is 1.96. The largest absolute Gasteiger partial charge is 0.362 e. The third kappa shape index (κ3) is 3.45. The Balaban J connectivity index is 0.000000361. The first-order valence-electron chi connectivity index (χ1n) is 6.47. The van der Waals surface area contributed by atoms with Crippen molar-refractivity contribution in [1.82, 2.24) is 15.5 Å². The van der Waals surface area contributed by atoms with Crippen molar-refractivity contribution in [3.8, 4) is 11.3 Å². The zero-order valence-electron chi connectivity index (χ0n) is 11.9. The second-order valence-corrected chi connectivity index (χ2v) is 4.53. The molecule has 3 aromatic rings. The average Bonchev–Trinajstić information content (AvgIpc) is 2.91. The van der Waals surface area contributed by atoms with Gasteiger partial charge in [0.15, 0.2) is 0 Å². The Morgan fingerprint density at radius 2 is 1.86 bits per heavy atom. The van der Waals surface area contributed by atoms with E-state index in [1.165, 1.54) is 17.7 Å². The molecule has 0 saturated carbocycles. The number of fused-ring (bicyclic) bond motifs is 1. The van der Waals surface area contributed by atoms with Crippen LogP contribution < -0.4 is 5.32 Å². The summed E-state index contributed by atoms with van der Waals surface area (Å²) in [7, 11) is 1.56. The summed E-state index contributed by atoms with van der Waals surface area (Å²) in [6.45, 7) is 2.04. The third-order valence-electron chi connectivity index (χ3n) is 2.95.